The first-order chi connectivity index (χ1) is 7.13. The monoisotopic (exact) mass is 271 g/mol. The summed E-state index contributed by atoms with van der Waals surface area (Å²) < 4.78 is 14.0. The van der Waals surface area contributed by atoms with Gasteiger partial charge in [-0.15, -0.1) is 0 Å². The van der Waals surface area contributed by atoms with Crippen LogP contribution in [0.4, 0.5) is 4.39 Å². The predicted molar refractivity (Wildman–Crippen MR) is 60.8 cm³/mol. The Kier molecular flexibility index (Phi) is 4.49. The van der Waals surface area contributed by atoms with Crippen LogP contribution >= 0.6 is 15.9 Å². The lowest BCUT2D eigenvalue weighted by Crippen LogP contribution is -2.20. The van der Waals surface area contributed by atoms with E-state index in [0.29, 0.717) is 10.0 Å². The summed E-state index contributed by atoms with van der Waals surface area (Å²) in [5.41, 5.74) is 0.469. The Bertz CT molecular complexity index is 390. The Morgan fingerprint density at radius 3 is 2.93 bits per heavy atom. The van der Waals surface area contributed by atoms with Crippen LogP contribution in [-0.4, -0.2) is 5.91 Å². The largest absolute Gasteiger partial charge is 0.348 e. The van der Waals surface area contributed by atoms with Gasteiger partial charge in [-0.1, -0.05) is 28.1 Å². The number of halogens is 2. The summed E-state index contributed by atoms with van der Waals surface area (Å²) in [6.45, 7) is 1.95. The van der Waals surface area contributed by atoms with E-state index in [9.17, 15) is 9.18 Å². The van der Waals surface area contributed by atoms with Crippen LogP contribution < -0.4 is 5.32 Å². The Morgan fingerprint density at radius 1 is 1.60 bits per heavy atom. The number of hydrogen-bond acceptors (Lipinski definition) is 1. The zero-order valence-electron chi connectivity index (χ0n) is 8.26. The van der Waals surface area contributed by atoms with E-state index < -0.39 is 0 Å². The van der Waals surface area contributed by atoms with Gasteiger partial charge in [-0.3, -0.25) is 4.79 Å². The molecule has 0 radical (unpaired) electrons. The topological polar surface area (TPSA) is 29.1 Å². The van der Waals surface area contributed by atoms with Gasteiger partial charge >= 0.3 is 0 Å². The summed E-state index contributed by atoms with van der Waals surface area (Å²) >= 11 is 3.16. The number of benzene rings is 1. The van der Waals surface area contributed by atoms with Gasteiger partial charge in [0, 0.05) is 16.6 Å². The third kappa shape index (κ3) is 3.83. The van der Waals surface area contributed by atoms with Gasteiger partial charge in [-0.25, -0.2) is 4.39 Å². The lowest BCUT2D eigenvalue weighted by atomic mass is 10.2. The number of allylic oxidation sites excluding steroid dienone is 1. The molecule has 0 saturated carbocycles. The van der Waals surface area contributed by atoms with Crippen LogP contribution in [0.15, 0.2) is 34.8 Å². The standard InChI is InChI=1S/C11H11BrFNO/c1-2-3-11(15)14-7-8-4-5-9(12)6-10(8)13/h2-6H,7H2,1H3,(H,14,15)/b3-2+. The van der Waals surface area contributed by atoms with Crippen molar-refractivity contribution in [3.8, 4) is 0 Å². The first-order valence-electron chi connectivity index (χ1n) is 4.48. The average Bonchev–Trinajstić information content (AvgIpc) is 2.17. The fourth-order valence-corrected chi connectivity index (χ4v) is 1.39. The molecule has 2 nitrogen and oxygen atoms in total. The van der Waals surface area contributed by atoms with Gasteiger partial charge in [-0.05, 0) is 25.1 Å². The first kappa shape index (κ1) is 11.9. The summed E-state index contributed by atoms with van der Waals surface area (Å²) in [5.74, 6) is -0.551. The molecule has 0 spiro atoms. The van der Waals surface area contributed by atoms with Crippen LogP contribution in [0, 0.1) is 5.82 Å². The van der Waals surface area contributed by atoms with Gasteiger partial charge in [0.2, 0.25) is 5.91 Å². The summed E-state index contributed by atoms with van der Waals surface area (Å²) in [4.78, 5) is 11.1. The average molecular weight is 272 g/mol. The summed E-state index contributed by atoms with van der Waals surface area (Å²) in [6.07, 6.45) is 3.03. The number of nitrogens with one attached hydrogen (secondary N) is 1. The molecule has 0 atom stereocenters. The van der Waals surface area contributed by atoms with Crippen molar-refractivity contribution in [3.63, 3.8) is 0 Å². The summed E-state index contributed by atoms with van der Waals surface area (Å²) in [6, 6.07) is 4.74. The van der Waals surface area contributed by atoms with Crippen LogP contribution in [0.1, 0.15) is 12.5 Å². The minimum absolute atomic E-state index is 0.197. The lowest BCUT2D eigenvalue weighted by Gasteiger charge is -2.04. The molecular formula is C11H11BrFNO. The maximum absolute atomic E-state index is 13.3. The van der Waals surface area contributed by atoms with Crippen molar-refractivity contribution >= 4 is 21.8 Å². The van der Waals surface area contributed by atoms with E-state index in [1.807, 2.05) is 0 Å². The molecule has 0 aliphatic rings. The molecule has 1 aromatic rings. The van der Waals surface area contributed by atoms with E-state index >= 15 is 0 Å². The van der Waals surface area contributed by atoms with Crippen molar-refractivity contribution < 1.29 is 9.18 Å². The maximum Gasteiger partial charge on any atom is 0.243 e. The van der Waals surface area contributed by atoms with E-state index in [4.69, 9.17) is 0 Å². The molecule has 0 bridgehead atoms. The van der Waals surface area contributed by atoms with Gasteiger partial charge in [0.15, 0.2) is 0 Å². The fraction of sp³-hybridized carbons (Fsp3) is 0.182. The molecule has 0 aliphatic carbocycles. The van der Waals surface area contributed by atoms with Crippen LogP contribution in [0.5, 0.6) is 0 Å². The molecule has 0 aromatic heterocycles. The lowest BCUT2D eigenvalue weighted by molar-refractivity contribution is -0.116. The molecule has 80 valence electrons. The fourth-order valence-electron chi connectivity index (χ4n) is 1.06. The predicted octanol–water partition coefficient (Wildman–Crippen LogP) is 2.78. The van der Waals surface area contributed by atoms with E-state index in [0.717, 1.165) is 0 Å². The van der Waals surface area contributed by atoms with Crippen molar-refractivity contribution in [3.05, 3.63) is 46.2 Å². The Labute approximate surface area is 96.3 Å². The molecule has 0 unspecified atom stereocenters. The third-order valence-corrected chi connectivity index (χ3v) is 2.28. The third-order valence-electron chi connectivity index (χ3n) is 1.79. The zero-order chi connectivity index (χ0) is 11.3. The second-order valence-electron chi connectivity index (χ2n) is 2.95. The molecule has 1 aromatic carbocycles. The highest BCUT2D eigenvalue weighted by molar-refractivity contribution is 9.10. The van der Waals surface area contributed by atoms with Crippen LogP contribution in [-0.2, 0) is 11.3 Å². The quantitative estimate of drug-likeness (QED) is 0.842. The van der Waals surface area contributed by atoms with Gasteiger partial charge in [0.1, 0.15) is 5.82 Å². The molecule has 4 heteroatoms. The molecule has 1 N–H and O–H groups in total. The SMILES string of the molecule is C/C=C/C(=O)NCc1ccc(Br)cc1F. The highest BCUT2D eigenvalue weighted by atomic mass is 79.9. The number of amides is 1. The zero-order valence-corrected chi connectivity index (χ0v) is 9.84. The molecular weight excluding hydrogens is 261 g/mol. The minimum Gasteiger partial charge on any atom is -0.348 e. The Morgan fingerprint density at radius 2 is 2.33 bits per heavy atom. The van der Waals surface area contributed by atoms with Crippen molar-refractivity contribution in [1.29, 1.82) is 0 Å². The number of rotatable bonds is 3. The van der Waals surface area contributed by atoms with E-state index in [2.05, 4.69) is 21.2 Å². The molecule has 0 heterocycles. The maximum atomic E-state index is 13.3. The molecule has 0 fully saturated rings. The van der Waals surface area contributed by atoms with Gasteiger partial charge in [0.25, 0.3) is 0 Å². The van der Waals surface area contributed by atoms with Crippen LogP contribution in [0.2, 0.25) is 0 Å². The summed E-state index contributed by atoms with van der Waals surface area (Å²) in [5, 5.41) is 2.58. The van der Waals surface area contributed by atoms with Crippen molar-refractivity contribution in [2.45, 2.75) is 13.5 Å². The van der Waals surface area contributed by atoms with Gasteiger partial charge in [-0.2, -0.15) is 0 Å². The van der Waals surface area contributed by atoms with E-state index in [1.165, 1.54) is 12.1 Å². The molecule has 1 rings (SSSR count). The van der Waals surface area contributed by atoms with Crippen molar-refractivity contribution in [1.82, 2.24) is 5.32 Å². The molecule has 15 heavy (non-hydrogen) atoms. The van der Waals surface area contributed by atoms with Crippen molar-refractivity contribution in [2.24, 2.45) is 0 Å². The van der Waals surface area contributed by atoms with Crippen molar-refractivity contribution in [2.75, 3.05) is 0 Å². The normalized spacial score (nSPS) is 10.6. The van der Waals surface area contributed by atoms with Crippen LogP contribution in [0.3, 0.4) is 0 Å². The second kappa shape index (κ2) is 5.66. The van der Waals surface area contributed by atoms with Crippen LogP contribution in [0.25, 0.3) is 0 Å². The second-order valence-corrected chi connectivity index (χ2v) is 3.87. The number of hydrogen-bond donors (Lipinski definition) is 1. The van der Waals surface area contributed by atoms with E-state index in [1.54, 1.807) is 25.1 Å². The minimum atomic E-state index is -0.329. The number of carbonyl (C=O) groups is 1. The van der Waals surface area contributed by atoms with Gasteiger partial charge < -0.3 is 5.32 Å². The smallest absolute Gasteiger partial charge is 0.243 e. The highest BCUT2D eigenvalue weighted by Gasteiger charge is 2.03. The first-order valence-corrected chi connectivity index (χ1v) is 5.27. The Balaban J connectivity index is 2.62. The van der Waals surface area contributed by atoms with E-state index in [-0.39, 0.29) is 18.3 Å². The summed E-state index contributed by atoms with van der Waals surface area (Å²) in [7, 11) is 0. The van der Waals surface area contributed by atoms with Gasteiger partial charge in [0.05, 0.1) is 0 Å². The number of carbonyl (C=O) groups excluding carboxylic acids is 1. The highest BCUT2D eigenvalue weighted by Crippen LogP contribution is 2.14. The Hall–Kier alpha value is -1.16. The molecule has 1 amide bonds. The molecule has 0 saturated heterocycles. The molecule has 0 aliphatic heterocycles.